The quantitative estimate of drug-likeness (QED) is 0.753. The van der Waals surface area contributed by atoms with E-state index in [0.29, 0.717) is 36.1 Å². The van der Waals surface area contributed by atoms with Crippen LogP contribution in [0.15, 0.2) is 33.7 Å². The van der Waals surface area contributed by atoms with Gasteiger partial charge in [-0.15, -0.1) is 23.1 Å². The van der Waals surface area contributed by atoms with E-state index in [9.17, 15) is 9.59 Å². The molecule has 3 rings (SSSR count). The summed E-state index contributed by atoms with van der Waals surface area (Å²) in [6, 6.07) is 3.96. The molecule has 0 N–H and O–H groups in total. The molecule has 6 heteroatoms. The number of thioether (sulfide) groups is 1. The van der Waals surface area contributed by atoms with Gasteiger partial charge in [0, 0.05) is 13.1 Å². The Morgan fingerprint density at radius 3 is 2.12 bits per heavy atom. The van der Waals surface area contributed by atoms with Crippen molar-refractivity contribution in [2.45, 2.75) is 27.7 Å². The molecule has 4 nitrogen and oxygen atoms in total. The highest BCUT2D eigenvalue weighted by molar-refractivity contribution is 8.02. The first-order chi connectivity index (χ1) is 11.9. The number of rotatable bonds is 6. The molecular weight excluding hydrogens is 352 g/mol. The normalized spacial score (nSPS) is 17.9. The smallest absolute Gasteiger partial charge is 0.261 e. The maximum Gasteiger partial charge on any atom is 0.261 e. The van der Waals surface area contributed by atoms with Crippen LogP contribution in [0.25, 0.3) is 5.70 Å². The van der Waals surface area contributed by atoms with Gasteiger partial charge in [0.15, 0.2) is 0 Å². The van der Waals surface area contributed by atoms with Crippen LogP contribution in [0.3, 0.4) is 0 Å². The van der Waals surface area contributed by atoms with Crippen LogP contribution in [0.2, 0.25) is 0 Å². The van der Waals surface area contributed by atoms with Gasteiger partial charge in [-0.3, -0.25) is 9.59 Å². The van der Waals surface area contributed by atoms with E-state index in [-0.39, 0.29) is 11.8 Å². The molecule has 0 fully saturated rings. The number of carbonyl (C=O) groups excluding carboxylic acids is 2. The number of hydrogen-bond donors (Lipinski definition) is 0. The van der Waals surface area contributed by atoms with Gasteiger partial charge >= 0.3 is 0 Å². The van der Waals surface area contributed by atoms with Gasteiger partial charge in [0.2, 0.25) is 0 Å². The highest BCUT2D eigenvalue weighted by Gasteiger charge is 2.48. The van der Waals surface area contributed by atoms with Gasteiger partial charge in [-0.25, -0.2) is 0 Å². The molecule has 3 heterocycles. The molecule has 0 aliphatic carbocycles. The van der Waals surface area contributed by atoms with E-state index in [4.69, 9.17) is 0 Å². The summed E-state index contributed by atoms with van der Waals surface area (Å²) < 4.78 is 0. The Morgan fingerprint density at radius 1 is 1.00 bits per heavy atom. The van der Waals surface area contributed by atoms with Crippen LogP contribution >= 0.6 is 23.1 Å². The lowest BCUT2D eigenvalue weighted by atomic mass is 10.1. The molecule has 1 aromatic rings. The van der Waals surface area contributed by atoms with E-state index in [1.54, 1.807) is 16.2 Å². The molecule has 2 aliphatic rings. The minimum Gasteiger partial charge on any atom is -0.306 e. The summed E-state index contributed by atoms with van der Waals surface area (Å²) in [7, 11) is 0. The van der Waals surface area contributed by atoms with E-state index < -0.39 is 0 Å². The van der Waals surface area contributed by atoms with E-state index in [1.165, 1.54) is 11.8 Å². The molecule has 0 unspecified atom stereocenters. The Labute approximate surface area is 157 Å². The Morgan fingerprint density at radius 2 is 1.60 bits per heavy atom. The van der Waals surface area contributed by atoms with Gasteiger partial charge in [0.1, 0.15) is 0 Å². The number of thiophene rings is 1. The van der Waals surface area contributed by atoms with Gasteiger partial charge in [0.05, 0.1) is 26.7 Å². The molecule has 0 radical (unpaired) electrons. The third-order valence-corrected chi connectivity index (χ3v) is 5.86. The first-order valence-corrected chi connectivity index (χ1v) is 10.7. The molecule has 1 aromatic heterocycles. The molecule has 0 bridgehead atoms. The molecule has 0 saturated heterocycles. The van der Waals surface area contributed by atoms with Crippen LogP contribution in [0.4, 0.5) is 0 Å². The number of hydrogen-bond acceptors (Lipinski definition) is 4. The summed E-state index contributed by atoms with van der Waals surface area (Å²) in [6.07, 6.45) is 1.94. The molecule has 0 spiro atoms. The topological polar surface area (TPSA) is 40.6 Å². The molecular formula is C19H24N2O2S2. The Bertz CT molecular complexity index is 760. The number of carbonyl (C=O) groups is 2. The van der Waals surface area contributed by atoms with Crippen molar-refractivity contribution in [2.75, 3.05) is 19.3 Å². The fourth-order valence-electron chi connectivity index (χ4n) is 3.32. The van der Waals surface area contributed by atoms with Crippen LogP contribution in [0.5, 0.6) is 0 Å². The fourth-order valence-corrected chi connectivity index (χ4v) is 4.87. The minimum absolute atomic E-state index is 0.0314. The van der Waals surface area contributed by atoms with Gasteiger partial charge in [-0.1, -0.05) is 33.8 Å². The third kappa shape index (κ3) is 3.06. The highest BCUT2D eigenvalue weighted by atomic mass is 32.2. The Balaban J connectivity index is 2.18. The van der Waals surface area contributed by atoms with Crippen molar-refractivity contribution in [3.8, 4) is 0 Å². The summed E-state index contributed by atoms with van der Waals surface area (Å²) in [5.74, 6) is 0.615. The summed E-state index contributed by atoms with van der Waals surface area (Å²) >= 11 is 3.07. The molecule has 0 atom stereocenters. The van der Waals surface area contributed by atoms with Gasteiger partial charge in [-0.2, -0.15) is 0 Å². The van der Waals surface area contributed by atoms with E-state index >= 15 is 0 Å². The summed E-state index contributed by atoms with van der Waals surface area (Å²) in [5, 5.41) is 2.79. The molecule has 25 heavy (non-hydrogen) atoms. The average molecular weight is 377 g/mol. The zero-order valence-corrected chi connectivity index (χ0v) is 17.0. The second-order valence-electron chi connectivity index (χ2n) is 7.20. The first-order valence-electron chi connectivity index (χ1n) is 8.57. The lowest BCUT2D eigenvalue weighted by Gasteiger charge is -2.25. The SMILES string of the molecule is CSC1=C2C(=O)N(CC(C)C)C(c3cccs3)=C2C(=O)N1CC(C)C. The van der Waals surface area contributed by atoms with Crippen molar-refractivity contribution in [3.63, 3.8) is 0 Å². The van der Waals surface area contributed by atoms with E-state index in [1.807, 2.05) is 28.7 Å². The highest BCUT2D eigenvalue weighted by Crippen LogP contribution is 2.47. The second kappa shape index (κ2) is 7.00. The van der Waals surface area contributed by atoms with Crippen molar-refractivity contribution in [1.29, 1.82) is 0 Å². The van der Waals surface area contributed by atoms with Crippen LogP contribution < -0.4 is 0 Å². The zero-order valence-electron chi connectivity index (χ0n) is 15.3. The monoisotopic (exact) mass is 376 g/mol. The van der Waals surface area contributed by atoms with Crippen molar-refractivity contribution in [3.05, 3.63) is 38.6 Å². The molecule has 2 amide bonds. The fraction of sp³-hybridized carbons (Fsp3) is 0.474. The van der Waals surface area contributed by atoms with Crippen molar-refractivity contribution >= 4 is 40.6 Å². The van der Waals surface area contributed by atoms with Crippen molar-refractivity contribution < 1.29 is 9.59 Å². The lowest BCUT2D eigenvalue weighted by Crippen LogP contribution is -2.33. The zero-order chi connectivity index (χ0) is 18.3. The summed E-state index contributed by atoms with van der Waals surface area (Å²) in [5.41, 5.74) is 1.99. The van der Waals surface area contributed by atoms with E-state index in [0.717, 1.165) is 15.6 Å². The van der Waals surface area contributed by atoms with Crippen LogP contribution in [-0.2, 0) is 9.59 Å². The standard InChI is InChI=1S/C19H24N2O2S2/c1-11(2)9-20-16(13-7-6-8-25-13)14-15(18(20)23)19(24-5)21(17(14)22)10-12(3)4/h6-8,11-12H,9-10H2,1-5H3. The Kier molecular flexibility index (Phi) is 5.11. The van der Waals surface area contributed by atoms with Crippen molar-refractivity contribution in [1.82, 2.24) is 9.80 Å². The third-order valence-electron chi connectivity index (χ3n) is 4.18. The summed E-state index contributed by atoms with van der Waals surface area (Å²) in [4.78, 5) is 31.0. The molecule has 0 saturated carbocycles. The van der Waals surface area contributed by atoms with Gasteiger partial charge < -0.3 is 9.80 Å². The first kappa shape index (κ1) is 18.3. The summed E-state index contributed by atoms with van der Waals surface area (Å²) in [6.45, 7) is 9.62. The van der Waals surface area contributed by atoms with Gasteiger partial charge in [-0.05, 0) is 29.5 Å². The van der Waals surface area contributed by atoms with Gasteiger partial charge in [0.25, 0.3) is 11.8 Å². The lowest BCUT2D eigenvalue weighted by molar-refractivity contribution is -0.124. The molecule has 0 aromatic carbocycles. The van der Waals surface area contributed by atoms with Crippen LogP contribution in [0.1, 0.15) is 32.6 Å². The minimum atomic E-state index is -0.0314. The molecule has 2 aliphatic heterocycles. The maximum atomic E-state index is 13.2. The van der Waals surface area contributed by atoms with Crippen LogP contribution in [0, 0.1) is 11.8 Å². The predicted molar refractivity (Wildman–Crippen MR) is 105 cm³/mol. The maximum absolute atomic E-state index is 13.2. The molecule has 134 valence electrons. The number of amides is 2. The average Bonchev–Trinajstić information content (AvgIpc) is 3.20. The number of fused-ring (bicyclic) bond motifs is 1. The number of nitrogens with zero attached hydrogens (tertiary/aromatic N) is 2. The van der Waals surface area contributed by atoms with E-state index in [2.05, 4.69) is 27.7 Å². The Hall–Kier alpha value is -1.53. The van der Waals surface area contributed by atoms with Crippen molar-refractivity contribution in [2.24, 2.45) is 11.8 Å². The largest absolute Gasteiger partial charge is 0.306 e. The predicted octanol–water partition coefficient (Wildman–Crippen LogP) is 4.03. The second-order valence-corrected chi connectivity index (χ2v) is 8.95. The van der Waals surface area contributed by atoms with Crippen LogP contribution in [-0.4, -0.2) is 41.0 Å².